The standard InChI is InChI=1S/C10H16N2O2/c11-6-8-5-10(14-12-8)7-13-9-3-1-2-4-9/h5,9H,1-4,6-7,11H2. The van der Waals surface area contributed by atoms with Gasteiger partial charge in [0.15, 0.2) is 5.76 Å². The highest BCUT2D eigenvalue weighted by molar-refractivity contribution is 5.03. The van der Waals surface area contributed by atoms with Crippen LogP contribution in [0.2, 0.25) is 0 Å². The Bertz CT molecular complexity index is 279. The number of nitrogens with zero attached hydrogens (tertiary/aromatic N) is 1. The summed E-state index contributed by atoms with van der Waals surface area (Å²) in [7, 11) is 0. The van der Waals surface area contributed by atoms with Crippen LogP contribution in [0.5, 0.6) is 0 Å². The Labute approximate surface area is 83.4 Å². The fourth-order valence-corrected chi connectivity index (χ4v) is 1.78. The molecule has 0 radical (unpaired) electrons. The Balaban J connectivity index is 1.79. The van der Waals surface area contributed by atoms with Crippen molar-refractivity contribution in [3.63, 3.8) is 0 Å². The van der Waals surface area contributed by atoms with Crippen LogP contribution in [0.1, 0.15) is 37.1 Å². The van der Waals surface area contributed by atoms with Crippen LogP contribution in [0, 0.1) is 0 Å². The van der Waals surface area contributed by atoms with Crippen molar-refractivity contribution in [1.82, 2.24) is 5.16 Å². The second-order valence-electron chi connectivity index (χ2n) is 3.71. The molecule has 0 atom stereocenters. The third kappa shape index (κ3) is 2.33. The molecule has 0 aliphatic heterocycles. The maximum Gasteiger partial charge on any atom is 0.162 e. The molecule has 14 heavy (non-hydrogen) atoms. The van der Waals surface area contributed by atoms with Gasteiger partial charge in [-0.3, -0.25) is 0 Å². The zero-order chi connectivity index (χ0) is 9.80. The molecular formula is C10H16N2O2. The van der Waals surface area contributed by atoms with Gasteiger partial charge in [0.05, 0.1) is 11.8 Å². The predicted molar refractivity (Wildman–Crippen MR) is 51.4 cm³/mol. The fraction of sp³-hybridized carbons (Fsp3) is 0.700. The molecule has 0 bridgehead atoms. The van der Waals surface area contributed by atoms with Gasteiger partial charge in [0.25, 0.3) is 0 Å². The fourth-order valence-electron chi connectivity index (χ4n) is 1.78. The second kappa shape index (κ2) is 4.57. The van der Waals surface area contributed by atoms with Crippen molar-refractivity contribution in [3.8, 4) is 0 Å². The van der Waals surface area contributed by atoms with Crippen LogP contribution in [0.15, 0.2) is 10.6 Å². The molecule has 4 heteroatoms. The summed E-state index contributed by atoms with van der Waals surface area (Å²) in [6.07, 6.45) is 5.35. The number of hydrogen-bond acceptors (Lipinski definition) is 4. The molecule has 0 saturated heterocycles. The Hall–Kier alpha value is -0.870. The number of hydrogen-bond donors (Lipinski definition) is 1. The third-order valence-electron chi connectivity index (χ3n) is 2.58. The summed E-state index contributed by atoms with van der Waals surface area (Å²) < 4.78 is 10.7. The second-order valence-corrected chi connectivity index (χ2v) is 3.71. The van der Waals surface area contributed by atoms with Crippen LogP contribution >= 0.6 is 0 Å². The zero-order valence-electron chi connectivity index (χ0n) is 8.24. The third-order valence-corrected chi connectivity index (χ3v) is 2.58. The number of ether oxygens (including phenoxy) is 1. The monoisotopic (exact) mass is 196 g/mol. The lowest BCUT2D eigenvalue weighted by Crippen LogP contribution is -2.06. The van der Waals surface area contributed by atoms with Crippen molar-refractivity contribution in [2.24, 2.45) is 5.73 Å². The van der Waals surface area contributed by atoms with E-state index < -0.39 is 0 Å². The van der Waals surface area contributed by atoms with E-state index in [1.807, 2.05) is 6.07 Å². The van der Waals surface area contributed by atoms with Gasteiger partial charge in [0, 0.05) is 12.6 Å². The molecule has 0 amide bonds. The summed E-state index contributed by atoms with van der Waals surface area (Å²) in [5.74, 6) is 0.775. The van der Waals surface area contributed by atoms with Crippen molar-refractivity contribution in [2.45, 2.75) is 44.9 Å². The van der Waals surface area contributed by atoms with Crippen LogP contribution in [-0.4, -0.2) is 11.3 Å². The minimum absolute atomic E-state index is 0.418. The minimum atomic E-state index is 0.418. The lowest BCUT2D eigenvalue weighted by Gasteiger charge is -2.08. The molecule has 1 aromatic rings. The van der Waals surface area contributed by atoms with Gasteiger partial charge in [-0.15, -0.1) is 0 Å². The van der Waals surface area contributed by atoms with Gasteiger partial charge in [-0.1, -0.05) is 18.0 Å². The molecule has 0 aromatic carbocycles. The molecule has 78 valence electrons. The smallest absolute Gasteiger partial charge is 0.162 e. The molecular weight excluding hydrogens is 180 g/mol. The zero-order valence-corrected chi connectivity index (χ0v) is 8.24. The van der Waals surface area contributed by atoms with Crippen LogP contribution in [0.3, 0.4) is 0 Å². The molecule has 1 fully saturated rings. The Morgan fingerprint density at radius 3 is 2.93 bits per heavy atom. The highest BCUT2D eigenvalue weighted by atomic mass is 16.5. The van der Waals surface area contributed by atoms with E-state index in [1.54, 1.807) is 0 Å². The van der Waals surface area contributed by atoms with Crippen LogP contribution in [-0.2, 0) is 17.9 Å². The summed E-state index contributed by atoms with van der Waals surface area (Å²) in [6, 6.07) is 1.86. The average Bonchev–Trinajstić information content (AvgIpc) is 2.86. The molecule has 2 rings (SSSR count). The Morgan fingerprint density at radius 2 is 2.29 bits per heavy atom. The van der Waals surface area contributed by atoms with E-state index in [4.69, 9.17) is 15.0 Å². The van der Waals surface area contributed by atoms with Gasteiger partial charge >= 0.3 is 0 Å². The van der Waals surface area contributed by atoms with Crippen LogP contribution < -0.4 is 5.73 Å². The van der Waals surface area contributed by atoms with E-state index >= 15 is 0 Å². The molecule has 1 saturated carbocycles. The summed E-state index contributed by atoms with van der Waals surface area (Å²) in [5, 5.41) is 3.80. The first-order valence-electron chi connectivity index (χ1n) is 5.14. The first-order valence-corrected chi connectivity index (χ1v) is 5.14. The number of aromatic nitrogens is 1. The molecule has 1 aliphatic rings. The maximum absolute atomic E-state index is 5.67. The summed E-state index contributed by atoms with van der Waals surface area (Å²) in [4.78, 5) is 0. The summed E-state index contributed by atoms with van der Waals surface area (Å²) >= 11 is 0. The van der Waals surface area contributed by atoms with E-state index in [2.05, 4.69) is 5.16 Å². The summed E-state index contributed by atoms with van der Waals surface area (Å²) in [5.41, 5.74) is 6.21. The predicted octanol–water partition coefficient (Wildman–Crippen LogP) is 1.59. The largest absolute Gasteiger partial charge is 0.370 e. The van der Waals surface area contributed by atoms with Crippen molar-refractivity contribution in [1.29, 1.82) is 0 Å². The lowest BCUT2D eigenvalue weighted by molar-refractivity contribution is 0.0330. The van der Waals surface area contributed by atoms with Crippen molar-refractivity contribution in [2.75, 3.05) is 0 Å². The normalized spacial score (nSPS) is 17.8. The van der Waals surface area contributed by atoms with E-state index in [0.717, 1.165) is 11.5 Å². The molecule has 0 spiro atoms. The Kier molecular flexibility index (Phi) is 3.16. The highest BCUT2D eigenvalue weighted by Crippen LogP contribution is 2.22. The topological polar surface area (TPSA) is 61.3 Å². The van der Waals surface area contributed by atoms with Crippen molar-refractivity contribution in [3.05, 3.63) is 17.5 Å². The Morgan fingerprint density at radius 1 is 1.50 bits per heavy atom. The van der Waals surface area contributed by atoms with Gasteiger partial charge in [0.1, 0.15) is 6.61 Å². The minimum Gasteiger partial charge on any atom is -0.370 e. The quantitative estimate of drug-likeness (QED) is 0.794. The van der Waals surface area contributed by atoms with Gasteiger partial charge in [-0.25, -0.2) is 0 Å². The molecule has 0 unspecified atom stereocenters. The molecule has 4 nitrogen and oxygen atoms in total. The van der Waals surface area contributed by atoms with Gasteiger partial charge in [-0.2, -0.15) is 0 Å². The number of rotatable bonds is 4. The lowest BCUT2D eigenvalue weighted by atomic mass is 10.3. The SMILES string of the molecule is NCc1cc(COC2CCCC2)on1. The van der Waals surface area contributed by atoms with E-state index in [-0.39, 0.29) is 0 Å². The van der Waals surface area contributed by atoms with Gasteiger partial charge in [0.2, 0.25) is 0 Å². The number of nitrogens with two attached hydrogens (primary N) is 1. The van der Waals surface area contributed by atoms with E-state index in [9.17, 15) is 0 Å². The van der Waals surface area contributed by atoms with Crippen molar-refractivity contribution < 1.29 is 9.26 Å². The first-order chi connectivity index (χ1) is 6.88. The van der Waals surface area contributed by atoms with Gasteiger partial charge in [-0.05, 0) is 12.8 Å². The average molecular weight is 196 g/mol. The van der Waals surface area contributed by atoms with E-state index in [1.165, 1.54) is 25.7 Å². The van der Waals surface area contributed by atoms with Crippen molar-refractivity contribution >= 4 is 0 Å². The van der Waals surface area contributed by atoms with Gasteiger partial charge < -0.3 is 15.0 Å². The van der Waals surface area contributed by atoms with E-state index in [0.29, 0.717) is 19.3 Å². The van der Waals surface area contributed by atoms with Crippen LogP contribution in [0.25, 0.3) is 0 Å². The molecule has 1 heterocycles. The molecule has 1 aromatic heterocycles. The molecule has 2 N–H and O–H groups in total. The highest BCUT2D eigenvalue weighted by Gasteiger charge is 2.16. The van der Waals surface area contributed by atoms with Crippen LogP contribution in [0.4, 0.5) is 0 Å². The molecule has 1 aliphatic carbocycles. The maximum atomic E-state index is 5.67. The first kappa shape index (κ1) is 9.68. The summed E-state index contributed by atoms with van der Waals surface area (Å²) in [6.45, 7) is 0.949.